The quantitative estimate of drug-likeness (QED) is 0.540. The third kappa shape index (κ3) is 1.69. The number of benzene rings is 2. The molecule has 0 aliphatic rings. The molecule has 2 aromatic carbocycles. The van der Waals surface area contributed by atoms with E-state index in [4.69, 9.17) is 0 Å². The van der Waals surface area contributed by atoms with Crippen LogP contribution in [0.4, 0.5) is 4.39 Å². The van der Waals surface area contributed by atoms with Gasteiger partial charge in [0.1, 0.15) is 11.5 Å². The highest BCUT2D eigenvalue weighted by atomic mass is 19.1. The van der Waals surface area contributed by atoms with Gasteiger partial charge in [-0.25, -0.2) is 4.39 Å². The van der Waals surface area contributed by atoms with Gasteiger partial charge >= 0.3 is 0 Å². The van der Waals surface area contributed by atoms with E-state index in [1.54, 1.807) is 28.6 Å². The average Bonchev–Trinajstić information content (AvgIpc) is 3.05. The highest BCUT2D eigenvalue weighted by Gasteiger charge is 2.20. The number of aromatic nitrogens is 3. The molecule has 0 amide bonds. The normalized spacial score (nSPS) is 11.4. The van der Waals surface area contributed by atoms with Gasteiger partial charge in [-0.1, -0.05) is 24.3 Å². The summed E-state index contributed by atoms with van der Waals surface area (Å²) in [5.41, 5.74) is 1.80. The van der Waals surface area contributed by atoms with Crippen LogP contribution in [-0.2, 0) is 7.05 Å². The smallest absolute Gasteiger partial charge is 0.264 e. The van der Waals surface area contributed by atoms with Crippen LogP contribution in [0.1, 0.15) is 10.4 Å². The van der Waals surface area contributed by atoms with Crippen molar-refractivity contribution in [2.75, 3.05) is 0 Å². The van der Waals surface area contributed by atoms with Gasteiger partial charge in [0.25, 0.3) is 5.91 Å². The predicted octanol–water partition coefficient (Wildman–Crippen LogP) is 3.36. The molecule has 5 heteroatoms. The number of fused-ring (bicyclic) bond motifs is 3. The first-order valence-corrected chi connectivity index (χ1v) is 6.88. The molecule has 22 heavy (non-hydrogen) atoms. The molecule has 0 fully saturated rings. The van der Waals surface area contributed by atoms with Crippen LogP contribution < -0.4 is 0 Å². The van der Waals surface area contributed by atoms with Crippen molar-refractivity contribution in [3.8, 4) is 0 Å². The molecule has 0 spiro atoms. The number of rotatable bonds is 1. The first-order valence-electron chi connectivity index (χ1n) is 6.88. The Morgan fingerprint density at radius 3 is 2.73 bits per heavy atom. The molecule has 4 rings (SSSR count). The van der Waals surface area contributed by atoms with Gasteiger partial charge in [-0.3, -0.25) is 14.0 Å². The molecular formula is C17H12FN3O. The molecule has 0 unspecified atom stereocenters. The first-order chi connectivity index (χ1) is 10.7. The van der Waals surface area contributed by atoms with Crippen molar-refractivity contribution in [2.24, 2.45) is 7.05 Å². The van der Waals surface area contributed by atoms with E-state index in [0.29, 0.717) is 11.2 Å². The average molecular weight is 293 g/mol. The van der Waals surface area contributed by atoms with Crippen molar-refractivity contribution in [3.63, 3.8) is 0 Å². The van der Waals surface area contributed by atoms with Gasteiger partial charge in [0, 0.05) is 23.4 Å². The number of para-hydroxylation sites is 1. The van der Waals surface area contributed by atoms with Gasteiger partial charge in [0.05, 0.1) is 11.7 Å². The summed E-state index contributed by atoms with van der Waals surface area (Å²) < 4.78 is 16.7. The summed E-state index contributed by atoms with van der Waals surface area (Å²) in [6.45, 7) is 0. The van der Waals surface area contributed by atoms with E-state index in [1.807, 2.05) is 24.3 Å². The summed E-state index contributed by atoms with van der Waals surface area (Å²) in [4.78, 5) is 12.9. The molecule has 4 aromatic rings. The standard InChI is InChI=1S/C17H12FN3O/c1-20-16-14(10-19-20)13-7-2-3-8-15(13)21(16)17(22)11-5-4-6-12(18)9-11/h2-10H,1H3. The largest absolute Gasteiger partial charge is 0.268 e. The Morgan fingerprint density at radius 2 is 1.91 bits per heavy atom. The van der Waals surface area contributed by atoms with E-state index in [0.717, 1.165) is 16.3 Å². The molecule has 2 heterocycles. The number of nitrogens with zero attached hydrogens (tertiary/aromatic N) is 3. The minimum atomic E-state index is -0.427. The Balaban J connectivity index is 2.07. The maximum absolute atomic E-state index is 13.4. The number of hydrogen-bond acceptors (Lipinski definition) is 2. The molecule has 2 aromatic heterocycles. The van der Waals surface area contributed by atoms with Crippen LogP contribution in [0.5, 0.6) is 0 Å². The molecular weight excluding hydrogens is 281 g/mol. The van der Waals surface area contributed by atoms with Gasteiger partial charge in [0.15, 0.2) is 0 Å². The summed E-state index contributed by atoms with van der Waals surface area (Å²) in [6, 6.07) is 13.4. The van der Waals surface area contributed by atoms with Crippen LogP contribution in [0.25, 0.3) is 21.9 Å². The molecule has 0 saturated carbocycles. The van der Waals surface area contributed by atoms with Crippen LogP contribution in [0, 0.1) is 5.82 Å². The third-order valence-corrected chi connectivity index (χ3v) is 3.83. The fourth-order valence-electron chi connectivity index (χ4n) is 2.85. The molecule has 0 aliphatic carbocycles. The van der Waals surface area contributed by atoms with Crippen LogP contribution in [-0.4, -0.2) is 20.3 Å². The minimum absolute atomic E-state index is 0.269. The zero-order chi connectivity index (χ0) is 15.3. The molecule has 0 saturated heterocycles. The molecule has 4 nitrogen and oxygen atoms in total. The van der Waals surface area contributed by atoms with E-state index in [-0.39, 0.29) is 5.91 Å². The highest BCUT2D eigenvalue weighted by molar-refractivity contribution is 6.15. The fraction of sp³-hybridized carbons (Fsp3) is 0.0588. The van der Waals surface area contributed by atoms with Crippen molar-refractivity contribution < 1.29 is 9.18 Å². The third-order valence-electron chi connectivity index (χ3n) is 3.83. The SMILES string of the molecule is Cn1ncc2c3ccccc3n(C(=O)c3cccc(F)c3)c21. The number of aryl methyl sites for hydroxylation is 1. The number of hydrogen-bond donors (Lipinski definition) is 0. The summed E-state index contributed by atoms with van der Waals surface area (Å²) in [5.74, 6) is -0.696. The Bertz CT molecular complexity index is 1030. The lowest BCUT2D eigenvalue weighted by atomic mass is 10.2. The Kier molecular flexibility index (Phi) is 2.63. The Morgan fingerprint density at radius 1 is 1.09 bits per heavy atom. The minimum Gasteiger partial charge on any atom is -0.268 e. The van der Waals surface area contributed by atoms with Gasteiger partial charge in [0.2, 0.25) is 0 Å². The molecule has 0 N–H and O–H groups in total. The van der Waals surface area contributed by atoms with Gasteiger partial charge in [-0.2, -0.15) is 5.10 Å². The Hall–Kier alpha value is -2.95. The lowest BCUT2D eigenvalue weighted by Crippen LogP contribution is -2.14. The number of halogens is 1. The van der Waals surface area contributed by atoms with Gasteiger partial charge in [-0.15, -0.1) is 0 Å². The monoisotopic (exact) mass is 293 g/mol. The summed E-state index contributed by atoms with van der Waals surface area (Å²) in [5, 5.41) is 6.09. The molecule has 0 radical (unpaired) electrons. The van der Waals surface area contributed by atoms with Crippen molar-refractivity contribution >= 4 is 27.8 Å². The van der Waals surface area contributed by atoms with Crippen LogP contribution in [0.2, 0.25) is 0 Å². The number of carbonyl (C=O) groups is 1. The van der Waals surface area contributed by atoms with E-state index in [2.05, 4.69) is 5.10 Å². The molecule has 0 aliphatic heterocycles. The van der Waals surface area contributed by atoms with Crippen LogP contribution in [0.15, 0.2) is 54.7 Å². The second-order valence-corrected chi connectivity index (χ2v) is 5.17. The fourth-order valence-corrected chi connectivity index (χ4v) is 2.85. The zero-order valence-electron chi connectivity index (χ0n) is 11.8. The summed E-state index contributed by atoms with van der Waals surface area (Å²) in [6.07, 6.45) is 1.74. The molecule has 0 bridgehead atoms. The van der Waals surface area contributed by atoms with Gasteiger partial charge in [-0.05, 0) is 24.3 Å². The first kappa shape index (κ1) is 12.8. The van der Waals surface area contributed by atoms with Crippen LogP contribution >= 0.6 is 0 Å². The topological polar surface area (TPSA) is 39.8 Å². The summed E-state index contributed by atoms with van der Waals surface area (Å²) in [7, 11) is 1.79. The number of carbonyl (C=O) groups excluding carboxylic acids is 1. The zero-order valence-corrected chi connectivity index (χ0v) is 11.8. The maximum atomic E-state index is 13.4. The second kappa shape index (κ2) is 4.53. The predicted molar refractivity (Wildman–Crippen MR) is 82.3 cm³/mol. The van der Waals surface area contributed by atoms with Gasteiger partial charge < -0.3 is 0 Å². The van der Waals surface area contributed by atoms with Crippen molar-refractivity contribution in [3.05, 3.63) is 66.1 Å². The van der Waals surface area contributed by atoms with Crippen LogP contribution in [0.3, 0.4) is 0 Å². The van der Waals surface area contributed by atoms with E-state index in [1.165, 1.54) is 18.2 Å². The van der Waals surface area contributed by atoms with Crippen molar-refractivity contribution in [2.45, 2.75) is 0 Å². The van der Waals surface area contributed by atoms with E-state index >= 15 is 0 Å². The van der Waals surface area contributed by atoms with Crippen molar-refractivity contribution in [1.29, 1.82) is 0 Å². The molecule has 0 atom stereocenters. The lowest BCUT2D eigenvalue weighted by molar-refractivity contribution is 0.0968. The van der Waals surface area contributed by atoms with E-state index < -0.39 is 5.82 Å². The maximum Gasteiger partial charge on any atom is 0.264 e. The second-order valence-electron chi connectivity index (χ2n) is 5.17. The van der Waals surface area contributed by atoms with E-state index in [9.17, 15) is 9.18 Å². The Labute approximate surface area is 125 Å². The van der Waals surface area contributed by atoms with Crippen molar-refractivity contribution in [1.82, 2.24) is 14.3 Å². The molecule has 108 valence electrons. The highest BCUT2D eigenvalue weighted by Crippen LogP contribution is 2.29. The lowest BCUT2D eigenvalue weighted by Gasteiger charge is -2.07. The summed E-state index contributed by atoms with van der Waals surface area (Å²) >= 11 is 0.